The average molecular weight is 278 g/mol. The van der Waals surface area contributed by atoms with Gasteiger partial charge in [-0.1, -0.05) is 11.3 Å². The number of imidazole rings is 1. The lowest BCUT2D eigenvalue weighted by Gasteiger charge is -1.94. The summed E-state index contributed by atoms with van der Waals surface area (Å²) in [5, 5.41) is 4.17. The summed E-state index contributed by atoms with van der Waals surface area (Å²) in [7, 11) is 0. The van der Waals surface area contributed by atoms with Crippen LogP contribution in [0.2, 0.25) is 0 Å². The molecule has 3 rings (SSSR count). The first-order valence-electron chi connectivity index (χ1n) is 5.06. The topological polar surface area (TPSA) is 77.8 Å². The van der Waals surface area contributed by atoms with Crippen LogP contribution < -0.4 is 4.57 Å². The van der Waals surface area contributed by atoms with Crippen molar-refractivity contribution in [2.24, 2.45) is 5.18 Å². The lowest BCUT2D eigenvalue weighted by Crippen LogP contribution is -2.29. The fourth-order valence-corrected chi connectivity index (χ4v) is 3.24. The van der Waals surface area contributed by atoms with Crippen LogP contribution in [0.5, 0.6) is 0 Å². The van der Waals surface area contributed by atoms with E-state index in [1.54, 1.807) is 0 Å². The van der Waals surface area contributed by atoms with E-state index in [4.69, 9.17) is 0 Å². The maximum Gasteiger partial charge on any atom is 0.328 e. The highest BCUT2D eigenvalue weighted by Crippen LogP contribution is 2.32. The van der Waals surface area contributed by atoms with Crippen LogP contribution in [0.3, 0.4) is 0 Å². The Kier molecular flexibility index (Phi) is 2.95. The summed E-state index contributed by atoms with van der Waals surface area (Å²) in [6.45, 7) is 0. The molecule has 8 heteroatoms. The summed E-state index contributed by atoms with van der Waals surface area (Å²) in [5.41, 5.74) is 1.03. The second-order valence-corrected chi connectivity index (χ2v) is 5.61. The van der Waals surface area contributed by atoms with Gasteiger partial charge in [0.05, 0.1) is 6.20 Å². The number of thiazole rings is 1. The molecule has 3 aromatic rings. The molecule has 0 saturated heterocycles. The van der Waals surface area contributed by atoms with E-state index in [0.29, 0.717) is 5.00 Å². The first kappa shape index (κ1) is 11.2. The maximum absolute atomic E-state index is 10.4. The predicted molar refractivity (Wildman–Crippen MR) is 68.4 cm³/mol. The van der Waals surface area contributed by atoms with Gasteiger partial charge < -0.3 is 4.98 Å². The van der Waals surface area contributed by atoms with Crippen LogP contribution in [0.25, 0.3) is 5.69 Å². The molecule has 18 heavy (non-hydrogen) atoms. The smallest absolute Gasteiger partial charge is 0.328 e. The minimum atomic E-state index is 0.386. The molecule has 0 radical (unpaired) electrons. The maximum atomic E-state index is 10.4. The molecule has 0 bridgehead atoms. The SMILES string of the molecule is O=Nc1cnc(Sc2[nH]cc[n+]2-c2cc[nH]c2)s1. The molecule has 6 nitrogen and oxygen atoms in total. The lowest BCUT2D eigenvalue weighted by atomic mass is 10.5. The largest absolute Gasteiger partial charge is 0.364 e. The quantitative estimate of drug-likeness (QED) is 0.569. The number of nitrogens with one attached hydrogen (secondary N) is 2. The molecule has 0 spiro atoms. The Labute approximate surface area is 110 Å². The third kappa shape index (κ3) is 2.07. The summed E-state index contributed by atoms with van der Waals surface area (Å²) in [6, 6.07) is 1.97. The lowest BCUT2D eigenvalue weighted by molar-refractivity contribution is -0.635. The molecule has 0 aliphatic rings. The molecule has 0 aliphatic carbocycles. The molecular formula is C10H8N5OS2+. The second-order valence-electron chi connectivity index (χ2n) is 3.36. The zero-order valence-electron chi connectivity index (χ0n) is 9.03. The fourth-order valence-electron chi connectivity index (χ4n) is 1.49. The van der Waals surface area contributed by atoms with Crippen LogP contribution in [-0.2, 0) is 0 Å². The fraction of sp³-hybridized carbons (Fsp3) is 0. The Balaban J connectivity index is 1.89. The Hall–Kier alpha value is -1.93. The first-order chi connectivity index (χ1) is 8.86. The van der Waals surface area contributed by atoms with Crippen LogP contribution >= 0.6 is 23.1 Å². The minimum Gasteiger partial charge on any atom is -0.364 e. The van der Waals surface area contributed by atoms with Crippen molar-refractivity contribution < 1.29 is 4.57 Å². The van der Waals surface area contributed by atoms with E-state index in [2.05, 4.69) is 20.1 Å². The summed E-state index contributed by atoms with van der Waals surface area (Å²) in [6.07, 6.45) is 9.02. The van der Waals surface area contributed by atoms with E-state index in [-0.39, 0.29) is 0 Å². The Bertz CT molecular complexity index is 657. The van der Waals surface area contributed by atoms with E-state index >= 15 is 0 Å². The van der Waals surface area contributed by atoms with Gasteiger partial charge in [0, 0.05) is 30.2 Å². The molecule has 0 saturated carbocycles. The summed E-state index contributed by atoms with van der Waals surface area (Å²) in [5.74, 6) is 0. The molecule has 0 aliphatic heterocycles. The zero-order chi connectivity index (χ0) is 12.4. The Morgan fingerprint density at radius 2 is 2.39 bits per heavy atom. The second kappa shape index (κ2) is 4.75. The number of aromatic nitrogens is 4. The number of hydrogen-bond donors (Lipinski definition) is 2. The highest BCUT2D eigenvalue weighted by molar-refractivity contribution is 8.00. The van der Waals surface area contributed by atoms with Gasteiger partial charge in [0.25, 0.3) is 0 Å². The number of nitroso groups, excluding NO2 is 1. The summed E-state index contributed by atoms with van der Waals surface area (Å²) in [4.78, 5) is 20.6. The zero-order valence-corrected chi connectivity index (χ0v) is 10.7. The van der Waals surface area contributed by atoms with Gasteiger partial charge in [-0.2, -0.15) is 4.57 Å². The van der Waals surface area contributed by atoms with Gasteiger partial charge in [-0.3, -0.25) is 0 Å². The van der Waals surface area contributed by atoms with Gasteiger partial charge in [-0.05, 0) is 5.18 Å². The van der Waals surface area contributed by atoms with Crippen molar-refractivity contribution in [3.63, 3.8) is 0 Å². The summed E-state index contributed by atoms with van der Waals surface area (Å²) >= 11 is 2.73. The third-order valence-corrected chi connectivity index (χ3v) is 4.21. The Morgan fingerprint density at radius 3 is 3.11 bits per heavy atom. The van der Waals surface area contributed by atoms with E-state index in [9.17, 15) is 4.91 Å². The van der Waals surface area contributed by atoms with E-state index in [0.717, 1.165) is 15.2 Å². The van der Waals surface area contributed by atoms with Crippen molar-refractivity contribution >= 4 is 28.1 Å². The molecule has 0 fully saturated rings. The van der Waals surface area contributed by atoms with Crippen molar-refractivity contribution in [1.82, 2.24) is 15.0 Å². The molecule has 0 amide bonds. The molecule has 2 N–H and O–H groups in total. The molecule has 3 heterocycles. The molecule has 90 valence electrons. The van der Waals surface area contributed by atoms with Crippen molar-refractivity contribution in [1.29, 1.82) is 0 Å². The van der Waals surface area contributed by atoms with Gasteiger partial charge in [0.15, 0.2) is 15.0 Å². The number of H-pyrrole nitrogens is 2. The van der Waals surface area contributed by atoms with Crippen molar-refractivity contribution in [3.8, 4) is 5.69 Å². The monoisotopic (exact) mass is 278 g/mol. The summed E-state index contributed by atoms with van der Waals surface area (Å²) < 4.78 is 2.77. The van der Waals surface area contributed by atoms with Crippen LogP contribution in [0.1, 0.15) is 0 Å². The molecule has 0 unspecified atom stereocenters. The minimum absolute atomic E-state index is 0.386. The van der Waals surface area contributed by atoms with E-state index in [1.807, 2.05) is 35.4 Å². The third-order valence-electron chi connectivity index (χ3n) is 2.26. The van der Waals surface area contributed by atoms with Gasteiger partial charge in [0.2, 0.25) is 0 Å². The predicted octanol–water partition coefficient (Wildman–Crippen LogP) is 2.63. The number of aromatic amines is 2. The number of nitrogens with zero attached hydrogens (tertiary/aromatic N) is 3. The number of rotatable bonds is 4. The van der Waals surface area contributed by atoms with Crippen LogP contribution in [-0.4, -0.2) is 15.0 Å². The van der Waals surface area contributed by atoms with Gasteiger partial charge >= 0.3 is 5.16 Å². The van der Waals surface area contributed by atoms with Gasteiger partial charge in [-0.25, -0.2) is 9.97 Å². The van der Waals surface area contributed by atoms with Crippen LogP contribution in [0.4, 0.5) is 5.00 Å². The average Bonchev–Trinajstić information content (AvgIpc) is 3.09. The highest BCUT2D eigenvalue weighted by atomic mass is 32.2. The molecule has 0 atom stereocenters. The van der Waals surface area contributed by atoms with E-state index < -0.39 is 0 Å². The van der Waals surface area contributed by atoms with Crippen LogP contribution in [0, 0.1) is 4.91 Å². The van der Waals surface area contributed by atoms with Crippen molar-refractivity contribution in [2.45, 2.75) is 9.50 Å². The van der Waals surface area contributed by atoms with Gasteiger partial charge in [0.1, 0.15) is 12.4 Å². The standard InChI is InChI=1S/C10H7N5OS2/c16-14-8-6-13-10(17-8)18-9-12-3-4-15(9)7-1-2-11-5-7/h1-6,11H/p+1. The van der Waals surface area contributed by atoms with Crippen molar-refractivity contribution in [3.05, 3.63) is 42.0 Å². The molecular weight excluding hydrogens is 270 g/mol. The first-order valence-corrected chi connectivity index (χ1v) is 6.69. The normalized spacial score (nSPS) is 10.7. The van der Waals surface area contributed by atoms with E-state index in [1.165, 1.54) is 29.3 Å². The van der Waals surface area contributed by atoms with Crippen molar-refractivity contribution in [2.75, 3.05) is 0 Å². The Morgan fingerprint density at radius 1 is 1.44 bits per heavy atom. The van der Waals surface area contributed by atoms with Crippen LogP contribution in [0.15, 0.2) is 51.7 Å². The van der Waals surface area contributed by atoms with Gasteiger partial charge in [-0.15, -0.1) is 4.91 Å². The number of hydrogen-bond acceptors (Lipinski definition) is 5. The molecule has 0 aromatic carbocycles. The molecule has 3 aromatic heterocycles. The highest BCUT2D eigenvalue weighted by Gasteiger charge is 2.17.